The Balaban J connectivity index is 1.62. The van der Waals surface area contributed by atoms with Gasteiger partial charge in [-0.3, -0.25) is 9.69 Å². The highest BCUT2D eigenvalue weighted by Crippen LogP contribution is 2.33. The van der Waals surface area contributed by atoms with E-state index in [0.717, 1.165) is 42.2 Å². The molecule has 1 atom stereocenters. The monoisotopic (exact) mass is 418 g/mol. The Labute approximate surface area is 183 Å². The van der Waals surface area contributed by atoms with Crippen molar-refractivity contribution in [2.75, 3.05) is 13.7 Å². The van der Waals surface area contributed by atoms with Gasteiger partial charge >= 0.3 is 0 Å². The second kappa shape index (κ2) is 9.35. The Morgan fingerprint density at radius 3 is 2.65 bits per heavy atom. The minimum atomic E-state index is -0.386. The third kappa shape index (κ3) is 4.49. The normalized spacial score (nSPS) is 16.2. The Morgan fingerprint density at radius 1 is 1.16 bits per heavy atom. The average Bonchev–Trinajstić information content (AvgIpc) is 3.22. The van der Waals surface area contributed by atoms with E-state index in [1.54, 1.807) is 7.11 Å². The van der Waals surface area contributed by atoms with Crippen LogP contribution in [0.2, 0.25) is 0 Å². The second-order valence-corrected chi connectivity index (χ2v) is 8.22. The van der Waals surface area contributed by atoms with E-state index in [1.165, 1.54) is 5.56 Å². The molecule has 0 unspecified atom stereocenters. The van der Waals surface area contributed by atoms with E-state index in [9.17, 15) is 4.79 Å². The van der Waals surface area contributed by atoms with Crippen molar-refractivity contribution in [2.45, 2.75) is 45.4 Å². The number of carbonyl (C=O) groups excluding carboxylic acids is 1. The van der Waals surface area contributed by atoms with Gasteiger partial charge in [0, 0.05) is 37.7 Å². The predicted molar refractivity (Wildman–Crippen MR) is 121 cm³/mol. The highest BCUT2D eigenvalue weighted by molar-refractivity contribution is 5.83. The summed E-state index contributed by atoms with van der Waals surface area (Å²) in [6.45, 7) is 6.19. The summed E-state index contributed by atoms with van der Waals surface area (Å²) in [7, 11) is 1.65. The molecule has 0 saturated carbocycles. The molecular weight excluding hydrogens is 388 g/mol. The van der Waals surface area contributed by atoms with E-state index in [0.29, 0.717) is 6.54 Å². The van der Waals surface area contributed by atoms with E-state index in [4.69, 9.17) is 4.74 Å². The van der Waals surface area contributed by atoms with Crippen LogP contribution in [0.1, 0.15) is 48.4 Å². The van der Waals surface area contributed by atoms with Gasteiger partial charge in [0.25, 0.3) is 0 Å². The minimum absolute atomic E-state index is 0.00909. The van der Waals surface area contributed by atoms with Crippen molar-refractivity contribution in [2.24, 2.45) is 0 Å². The van der Waals surface area contributed by atoms with Gasteiger partial charge in [0.2, 0.25) is 5.91 Å². The highest BCUT2D eigenvalue weighted by atomic mass is 16.5. The number of hydrogen-bond donors (Lipinski definition) is 1. The van der Waals surface area contributed by atoms with Gasteiger partial charge in [0.1, 0.15) is 11.8 Å². The fraction of sp³-hybridized carbons (Fsp3) is 0.360. The predicted octanol–water partition coefficient (Wildman–Crippen LogP) is 3.89. The molecule has 0 aliphatic carbocycles. The number of fused-ring (bicyclic) bond motifs is 1. The van der Waals surface area contributed by atoms with E-state index in [1.807, 2.05) is 48.8 Å². The van der Waals surface area contributed by atoms with Crippen molar-refractivity contribution in [3.63, 3.8) is 0 Å². The fourth-order valence-corrected chi connectivity index (χ4v) is 4.27. The number of nitrogens with zero attached hydrogens (tertiary/aromatic N) is 3. The van der Waals surface area contributed by atoms with Crippen LogP contribution in [-0.2, 0) is 24.3 Å². The number of para-hydroxylation sites is 1. The lowest BCUT2D eigenvalue weighted by molar-refractivity contribution is -0.127. The van der Waals surface area contributed by atoms with Gasteiger partial charge in [0.15, 0.2) is 0 Å². The first-order chi connectivity index (χ1) is 15.1. The Morgan fingerprint density at radius 2 is 1.90 bits per heavy atom. The molecule has 0 bridgehead atoms. The standard InChI is InChI=1S/C25H30N4O2/c1-18(2)29-17-27-21-13-14-28(16-19-9-5-4-6-10-19)24(23(21)29)25(30)26-15-20-11-7-8-12-22(20)31-3/h4-12,17-18,24H,13-16H2,1-3H3,(H,26,30)/t24-/m1/s1. The van der Waals surface area contributed by atoms with Crippen molar-refractivity contribution in [1.82, 2.24) is 19.8 Å². The first kappa shape index (κ1) is 21.1. The summed E-state index contributed by atoms with van der Waals surface area (Å²) in [6, 6.07) is 17.9. The Bertz CT molecular complexity index is 1030. The van der Waals surface area contributed by atoms with Crippen molar-refractivity contribution in [3.05, 3.63) is 83.4 Å². The van der Waals surface area contributed by atoms with Crippen LogP contribution in [0.5, 0.6) is 5.75 Å². The average molecular weight is 419 g/mol. The third-order valence-corrected chi connectivity index (χ3v) is 5.85. The molecule has 1 aliphatic rings. The number of nitrogens with one attached hydrogen (secondary N) is 1. The lowest BCUT2D eigenvalue weighted by atomic mass is 9.99. The number of benzene rings is 2. The smallest absolute Gasteiger partial charge is 0.243 e. The number of imidazole rings is 1. The molecule has 0 saturated heterocycles. The van der Waals surface area contributed by atoms with Crippen LogP contribution >= 0.6 is 0 Å². The summed E-state index contributed by atoms with van der Waals surface area (Å²) in [5.41, 5.74) is 4.19. The van der Waals surface area contributed by atoms with E-state index < -0.39 is 0 Å². The summed E-state index contributed by atoms with van der Waals surface area (Å²) in [5, 5.41) is 3.15. The SMILES string of the molecule is COc1ccccc1CNC(=O)[C@H]1c2c(ncn2C(C)C)CCN1Cc1ccccc1. The molecule has 1 N–H and O–H groups in total. The zero-order valence-electron chi connectivity index (χ0n) is 18.4. The number of aromatic nitrogens is 2. The van der Waals surface area contributed by atoms with Gasteiger partial charge < -0.3 is 14.6 Å². The molecule has 0 spiro atoms. The molecule has 1 amide bonds. The molecule has 6 heteroatoms. The van der Waals surface area contributed by atoms with Crippen molar-refractivity contribution in [3.8, 4) is 5.75 Å². The fourth-order valence-electron chi connectivity index (χ4n) is 4.27. The maximum Gasteiger partial charge on any atom is 0.243 e. The number of amides is 1. The number of rotatable bonds is 7. The number of carbonyl (C=O) groups is 1. The number of ether oxygens (including phenoxy) is 1. The largest absolute Gasteiger partial charge is 0.496 e. The lowest BCUT2D eigenvalue weighted by Gasteiger charge is -2.36. The van der Waals surface area contributed by atoms with Crippen LogP contribution in [-0.4, -0.2) is 34.0 Å². The molecule has 2 heterocycles. The summed E-state index contributed by atoms with van der Waals surface area (Å²) in [4.78, 5) is 20.5. The van der Waals surface area contributed by atoms with Crippen molar-refractivity contribution >= 4 is 5.91 Å². The van der Waals surface area contributed by atoms with Crippen LogP contribution in [0.3, 0.4) is 0 Å². The van der Waals surface area contributed by atoms with Gasteiger partial charge in [-0.2, -0.15) is 0 Å². The van der Waals surface area contributed by atoms with Crippen molar-refractivity contribution < 1.29 is 9.53 Å². The maximum absolute atomic E-state index is 13.6. The van der Waals surface area contributed by atoms with E-state index in [-0.39, 0.29) is 18.0 Å². The molecule has 4 rings (SSSR count). The van der Waals surface area contributed by atoms with Crippen LogP contribution in [0, 0.1) is 0 Å². The zero-order chi connectivity index (χ0) is 21.8. The van der Waals surface area contributed by atoms with Crippen LogP contribution < -0.4 is 10.1 Å². The van der Waals surface area contributed by atoms with Gasteiger partial charge in [-0.25, -0.2) is 4.98 Å². The molecule has 162 valence electrons. The first-order valence-corrected chi connectivity index (χ1v) is 10.8. The topological polar surface area (TPSA) is 59.4 Å². The Kier molecular flexibility index (Phi) is 6.37. The van der Waals surface area contributed by atoms with Crippen molar-refractivity contribution in [1.29, 1.82) is 0 Å². The first-order valence-electron chi connectivity index (χ1n) is 10.8. The molecule has 31 heavy (non-hydrogen) atoms. The minimum Gasteiger partial charge on any atom is -0.496 e. The molecule has 0 fully saturated rings. The van der Waals surface area contributed by atoms with Gasteiger partial charge in [0.05, 0.1) is 24.8 Å². The Hall–Kier alpha value is -3.12. The van der Waals surface area contributed by atoms with E-state index >= 15 is 0 Å². The van der Waals surface area contributed by atoms with Gasteiger partial charge in [-0.15, -0.1) is 0 Å². The molecule has 3 aromatic rings. The molecule has 1 aromatic heterocycles. The quantitative estimate of drug-likeness (QED) is 0.632. The second-order valence-electron chi connectivity index (χ2n) is 8.22. The maximum atomic E-state index is 13.6. The lowest BCUT2D eigenvalue weighted by Crippen LogP contribution is -2.45. The third-order valence-electron chi connectivity index (χ3n) is 5.85. The summed E-state index contributed by atoms with van der Waals surface area (Å²) < 4.78 is 7.58. The molecule has 1 aliphatic heterocycles. The van der Waals surface area contributed by atoms with Crippen LogP contribution in [0.25, 0.3) is 0 Å². The number of methoxy groups -OCH3 is 1. The molecule has 2 aromatic carbocycles. The van der Waals surface area contributed by atoms with Gasteiger partial charge in [-0.05, 0) is 25.5 Å². The summed E-state index contributed by atoms with van der Waals surface area (Å²) in [6.07, 6.45) is 2.72. The van der Waals surface area contributed by atoms with Crippen LogP contribution in [0.15, 0.2) is 60.9 Å². The number of hydrogen-bond acceptors (Lipinski definition) is 4. The van der Waals surface area contributed by atoms with Crippen LogP contribution in [0.4, 0.5) is 0 Å². The summed E-state index contributed by atoms with van der Waals surface area (Å²) in [5.74, 6) is 0.769. The van der Waals surface area contributed by atoms with E-state index in [2.05, 4.69) is 45.7 Å². The molecular formula is C25H30N4O2. The summed E-state index contributed by atoms with van der Waals surface area (Å²) >= 11 is 0. The zero-order valence-corrected chi connectivity index (χ0v) is 18.4. The molecule has 6 nitrogen and oxygen atoms in total. The highest BCUT2D eigenvalue weighted by Gasteiger charge is 2.37. The van der Waals surface area contributed by atoms with Gasteiger partial charge in [-0.1, -0.05) is 48.5 Å². The molecule has 0 radical (unpaired) electrons.